The molecule has 1 aromatic heterocycles. The summed E-state index contributed by atoms with van der Waals surface area (Å²) in [6.07, 6.45) is 6.14. The molecule has 0 spiro atoms. The lowest BCUT2D eigenvalue weighted by Crippen LogP contribution is -2.48. The summed E-state index contributed by atoms with van der Waals surface area (Å²) in [6, 6.07) is 5.30. The van der Waals surface area contributed by atoms with E-state index in [0.29, 0.717) is 22.8 Å². The summed E-state index contributed by atoms with van der Waals surface area (Å²) in [5.74, 6) is -0.110. The number of carbonyl (C=O) groups is 1. The largest absolute Gasteiger partial charge is 0.325 e. The minimum absolute atomic E-state index is 0.110. The van der Waals surface area contributed by atoms with Crippen molar-refractivity contribution in [2.45, 2.75) is 31.2 Å². The van der Waals surface area contributed by atoms with E-state index in [1.54, 1.807) is 18.2 Å². The first-order valence-corrected chi connectivity index (χ1v) is 7.17. The Labute approximate surface area is 127 Å². The molecule has 3 rings (SSSR count). The number of hydrogen-bond acceptors (Lipinski definition) is 4. The number of amides is 1. The minimum atomic E-state index is -0.351. The van der Waals surface area contributed by atoms with E-state index in [-0.39, 0.29) is 11.4 Å². The number of nitrogens with one attached hydrogen (secondary N) is 1. The van der Waals surface area contributed by atoms with Crippen molar-refractivity contribution in [3.05, 3.63) is 35.9 Å². The molecule has 1 aliphatic rings. The van der Waals surface area contributed by atoms with Crippen LogP contribution in [0.2, 0.25) is 5.02 Å². The van der Waals surface area contributed by atoms with Gasteiger partial charge in [0.1, 0.15) is 18.3 Å². The number of aromatic nitrogens is 3. The SMILES string of the molecule is NC1(CC(=O)Nc2cccc(Cl)c2-n2cncn2)CCC1. The maximum atomic E-state index is 12.2. The van der Waals surface area contributed by atoms with Crippen LogP contribution in [0.25, 0.3) is 5.69 Å². The quantitative estimate of drug-likeness (QED) is 0.906. The predicted molar refractivity (Wildman–Crippen MR) is 80.4 cm³/mol. The van der Waals surface area contributed by atoms with Gasteiger partial charge in [0.25, 0.3) is 0 Å². The Morgan fingerprint density at radius 1 is 1.48 bits per heavy atom. The molecule has 1 aliphatic carbocycles. The summed E-state index contributed by atoms with van der Waals surface area (Å²) in [5.41, 5.74) is 6.95. The summed E-state index contributed by atoms with van der Waals surface area (Å²) < 4.78 is 1.53. The highest BCUT2D eigenvalue weighted by Gasteiger charge is 2.34. The van der Waals surface area contributed by atoms with E-state index in [2.05, 4.69) is 15.4 Å². The van der Waals surface area contributed by atoms with Crippen LogP contribution in [-0.2, 0) is 4.79 Å². The molecule has 6 nitrogen and oxygen atoms in total. The van der Waals surface area contributed by atoms with E-state index < -0.39 is 0 Å². The Hall–Kier alpha value is -1.92. The number of anilines is 1. The predicted octanol–water partition coefficient (Wildman–Crippen LogP) is 2.13. The molecule has 1 fully saturated rings. The molecule has 3 N–H and O–H groups in total. The second-order valence-electron chi connectivity index (χ2n) is 5.42. The van der Waals surface area contributed by atoms with Crippen LogP contribution in [0.1, 0.15) is 25.7 Å². The first kappa shape index (κ1) is 14.0. The zero-order valence-corrected chi connectivity index (χ0v) is 12.2. The van der Waals surface area contributed by atoms with Gasteiger partial charge in [0.05, 0.1) is 10.7 Å². The van der Waals surface area contributed by atoms with Crippen molar-refractivity contribution in [1.82, 2.24) is 14.8 Å². The number of rotatable bonds is 4. The van der Waals surface area contributed by atoms with Crippen molar-refractivity contribution in [3.8, 4) is 5.69 Å². The van der Waals surface area contributed by atoms with Crippen LogP contribution in [0.5, 0.6) is 0 Å². The van der Waals surface area contributed by atoms with Crippen molar-refractivity contribution < 1.29 is 4.79 Å². The van der Waals surface area contributed by atoms with E-state index in [1.807, 2.05) is 0 Å². The van der Waals surface area contributed by atoms with Gasteiger partial charge in [-0.1, -0.05) is 17.7 Å². The van der Waals surface area contributed by atoms with Crippen LogP contribution >= 0.6 is 11.6 Å². The molecule has 21 heavy (non-hydrogen) atoms. The first-order valence-electron chi connectivity index (χ1n) is 6.80. The lowest BCUT2D eigenvalue weighted by atomic mass is 9.75. The van der Waals surface area contributed by atoms with Crippen molar-refractivity contribution in [2.75, 3.05) is 5.32 Å². The van der Waals surface area contributed by atoms with Crippen LogP contribution < -0.4 is 11.1 Å². The average Bonchev–Trinajstić information content (AvgIpc) is 2.90. The molecule has 0 atom stereocenters. The number of hydrogen-bond donors (Lipinski definition) is 2. The standard InChI is InChI=1S/C14H16ClN5O/c15-10-3-1-4-11(13(10)20-9-17-8-18-20)19-12(21)7-14(16)5-2-6-14/h1,3-4,8-9H,2,5-7,16H2,(H,19,21). The van der Waals surface area contributed by atoms with E-state index in [4.69, 9.17) is 17.3 Å². The Kier molecular flexibility index (Phi) is 3.65. The molecule has 1 aromatic carbocycles. The lowest BCUT2D eigenvalue weighted by Gasteiger charge is -2.37. The third-order valence-corrected chi connectivity index (χ3v) is 4.08. The molecule has 0 bridgehead atoms. The molecule has 0 saturated heterocycles. The van der Waals surface area contributed by atoms with Crippen molar-refractivity contribution in [2.24, 2.45) is 5.73 Å². The van der Waals surface area contributed by atoms with Gasteiger partial charge in [-0.25, -0.2) is 9.67 Å². The maximum absolute atomic E-state index is 12.2. The molecule has 2 aromatic rings. The minimum Gasteiger partial charge on any atom is -0.325 e. The van der Waals surface area contributed by atoms with Gasteiger partial charge in [-0.3, -0.25) is 4.79 Å². The summed E-state index contributed by atoms with van der Waals surface area (Å²) in [4.78, 5) is 16.1. The molecule has 1 heterocycles. The molecule has 1 amide bonds. The van der Waals surface area contributed by atoms with Gasteiger partial charge in [0.15, 0.2) is 0 Å². The fraction of sp³-hybridized carbons (Fsp3) is 0.357. The highest BCUT2D eigenvalue weighted by molar-refractivity contribution is 6.33. The molecule has 110 valence electrons. The zero-order chi connectivity index (χ0) is 14.9. The topological polar surface area (TPSA) is 85.8 Å². The Morgan fingerprint density at radius 2 is 2.29 bits per heavy atom. The summed E-state index contributed by atoms with van der Waals surface area (Å²) >= 11 is 6.21. The van der Waals surface area contributed by atoms with E-state index in [0.717, 1.165) is 19.3 Å². The van der Waals surface area contributed by atoms with Gasteiger partial charge in [-0.2, -0.15) is 5.10 Å². The van der Waals surface area contributed by atoms with E-state index >= 15 is 0 Å². The lowest BCUT2D eigenvalue weighted by molar-refractivity contribution is -0.118. The Morgan fingerprint density at radius 3 is 2.90 bits per heavy atom. The molecule has 7 heteroatoms. The highest BCUT2D eigenvalue weighted by Crippen LogP contribution is 2.33. The first-order chi connectivity index (χ1) is 10.1. The fourth-order valence-electron chi connectivity index (χ4n) is 2.49. The Bertz CT molecular complexity index is 651. The van der Waals surface area contributed by atoms with Crippen LogP contribution in [0.3, 0.4) is 0 Å². The van der Waals surface area contributed by atoms with Crippen molar-refractivity contribution in [3.63, 3.8) is 0 Å². The summed E-state index contributed by atoms with van der Waals surface area (Å²) in [5, 5.41) is 7.42. The number of nitrogens with zero attached hydrogens (tertiary/aromatic N) is 3. The molecular formula is C14H16ClN5O. The van der Waals surface area contributed by atoms with Crippen molar-refractivity contribution >= 4 is 23.2 Å². The summed E-state index contributed by atoms with van der Waals surface area (Å²) in [7, 11) is 0. The van der Waals surface area contributed by atoms with Crippen LogP contribution in [-0.4, -0.2) is 26.2 Å². The van der Waals surface area contributed by atoms with Crippen LogP contribution in [0, 0.1) is 0 Å². The molecular weight excluding hydrogens is 290 g/mol. The van der Waals surface area contributed by atoms with Crippen LogP contribution in [0.4, 0.5) is 5.69 Å². The number of benzene rings is 1. The van der Waals surface area contributed by atoms with Gasteiger partial charge in [-0.15, -0.1) is 0 Å². The number of carbonyl (C=O) groups excluding carboxylic acids is 1. The molecule has 0 aliphatic heterocycles. The van der Waals surface area contributed by atoms with E-state index in [9.17, 15) is 4.79 Å². The second-order valence-corrected chi connectivity index (χ2v) is 5.82. The van der Waals surface area contributed by atoms with Gasteiger partial charge >= 0.3 is 0 Å². The summed E-state index contributed by atoms with van der Waals surface area (Å²) in [6.45, 7) is 0. The normalized spacial score (nSPS) is 16.3. The van der Waals surface area contributed by atoms with Gasteiger partial charge in [0, 0.05) is 12.0 Å². The smallest absolute Gasteiger partial charge is 0.226 e. The third-order valence-electron chi connectivity index (χ3n) is 3.77. The van der Waals surface area contributed by atoms with Crippen LogP contribution in [0.15, 0.2) is 30.9 Å². The number of nitrogens with two attached hydrogens (primary N) is 1. The fourth-order valence-corrected chi connectivity index (χ4v) is 2.76. The monoisotopic (exact) mass is 305 g/mol. The maximum Gasteiger partial charge on any atom is 0.226 e. The van der Waals surface area contributed by atoms with E-state index in [1.165, 1.54) is 17.3 Å². The van der Waals surface area contributed by atoms with Gasteiger partial charge in [0.2, 0.25) is 5.91 Å². The second kappa shape index (κ2) is 5.46. The Balaban J connectivity index is 1.82. The zero-order valence-electron chi connectivity index (χ0n) is 11.4. The number of para-hydroxylation sites is 1. The van der Waals surface area contributed by atoms with Gasteiger partial charge in [-0.05, 0) is 31.4 Å². The van der Waals surface area contributed by atoms with Crippen molar-refractivity contribution in [1.29, 1.82) is 0 Å². The third kappa shape index (κ3) is 2.91. The number of halogens is 1. The average molecular weight is 306 g/mol. The highest BCUT2D eigenvalue weighted by atomic mass is 35.5. The molecule has 0 radical (unpaired) electrons. The molecule has 0 unspecified atom stereocenters. The van der Waals surface area contributed by atoms with Gasteiger partial charge < -0.3 is 11.1 Å². The molecule has 1 saturated carbocycles.